The Kier molecular flexibility index (Phi) is 10.3. The van der Waals surface area contributed by atoms with Gasteiger partial charge in [0.15, 0.2) is 0 Å². The molecule has 0 aliphatic heterocycles. The Morgan fingerprint density at radius 3 is 2.29 bits per heavy atom. The van der Waals surface area contributed by atoms with Crippen LogP contribution in [0.2, 0.25) is 0 Å². The summed E-state index contributed by atoms with van der Waals surface area (Å²) in [5, 5.41) is 0. The van der Waals surface area contributed by atoms with Gasteiger partial charge < -0.3 is 29.6 Å². The average molecular weight is 187 g/mol. The summed E-state index contributed by atoms with van der Waals surface area (Å²) >= 11 is 8.77. The molecular weight excluding hydrogens is 182 g/mol. The van der Waals surface area contributed by atoms with E-state index in [9.17, 15) is 0 Å². The van der Waals surface area contributed by atoms with Crippen LogP contribution in [0.5, 0.6) is 0 Å². The van der Waals surface area contributed by atoms with E-state index in [-0.39, 0.29) is 23.9 Å². The van der Waals surface area contributed by atoms with Crippen LogP contribution in [0.3, 0.4) is 0 Å². The van der Waals surface area contributed by atoms with Crippen molar-refractivity contribution in [2.45, 2.75) is 6.92 Å². The Labute approximate surface area is 67.0 Å². The van der Waals surface area contributed by atoms with Crippen LogP contribution < -0.4 is 0 Å². The molecule has 0 heterocycles. The van der Waals surface area contributed by atoms with Gasteiger partial charge in [-0.05, 0) is 6.92 Å². The molecule has 4 heteroatoms. The average Bonchev–Trinajstić information content (AvgIpc) is 1.35. The van der Waals surface area contributed by atoms with Crippen molar-refractivity contribution in [3.8, 4) is 0 Å². The third-order valence-electron chi connectivity index (χ3n) is 0.262. The van der Waals surface area contributed by atoms with Crippen molar-refractivity contribution in [1.29, 1.82) is 0 Å². The van der Waals surface area contributed by atoms with Crippen LogP contribution in [0, 0.1) is 0 Å². The summed E-state index contributed by atoms with van der Waals surface area (Å²) in [5.41, 5.74) is 0. The zero-order valence-corrected chi connectivity index (χ0v) is 8.74. The molecule has 0 aromatic carbocycles. The molecule has 36 valence electrons. The van der Waals surface area contributed by atoms with Crippen LogP contribution in [0.1, 0.15) is 6.92 Å². The second kappa shape index (κ2) is 6.73. The molecule has 0 spiro atoms. The number of hydrogen-bond acceptors (Lipinski definition) is 3. The first-order chi connectivity index (χ1) is 2.77. The summed E-state index contributed by atoms with van der Waals surface area (Å²) in [7, 11) is 0. The molecular formula is C3H5OS2Zn+. The van der Waals surface area contributed by atoms with E-state index in [1.165, 1.54) is 0 Å². The number of thiocarbonyl (C=S) groups is 1. The molecule has 0 aromatic heterocycles. The van der Waals surface area contributed by atoms with Crippen molar-refractivity contribution in [3.05, 3.63) is 0 Å². The van der Waals surface area contributed by atoms with Gasteiger partial charge in [-0.2, -0.15) is 0 Å². The van der Waals surface area contributed by atoms with E-state index in [4.69, 9.17) is 0 Å². The van der Waals surface area contributed by atoms with Gasteiger partial charge in [-0.3, -0.25) is 0 Å². The topological polar surface area (TPSA) is 9.23 Å². The van der Waals surface area contributed by atoms with E-state index in [1.54, 1.807) is 0 Å². The second-order valence-electron chi connectivity index (χ2n) is 0.683. The SMILES string of the molecule is CCOC(=S)[S-].[Zn+2]. The van der Waals surface area contributed by atoms with Crippen LogP contribution in [-0.4, -0.2) is 11.0 Å². The van der Waals surface area contributed by atoms with Gasteiger partial charge >= 0.3 is 19.5 Å². The first-order valence-corrected chi connectivity index (χ1v) is 2.42. The van der Waals surface area contributed by atoms with Crippen molar-refractivity contribution < 1.29 is 24.2 Å². The van der Waals surface area contributed by atoms with Gasteiger partial charge in [0.2, 0.25) is 0 Å². The molecule has 0 fully saturated rings. The van der Waals surface area contributed by atoms with E-state index >= 15 is 0 Å². The van der Waals surface area contributed by atoms with E-state index in [2.05, 4.69) is 29.6 Å². The standard InChI is InChI=1S/C3H6OS2.Zn/c1-2-4-3(5)6;/h2H2,1H3,(H,5,6);/q;+2/p-1. The molecule has 0 atom stereocenters. The van der Waals surface area contributed by atoms with E-state index < -0.39 is 0 Å². The van der Waals surface area contributed by atoms with Crippen molar-refractivity contribution in [2.75, 3.05) is 6.61 Å². The summed E-state index contributed by atoms with van der Waals surface area (Å²) in [6, 6.07) is 0. The van der Waals surface area contributed by atoms with Gasteiger partial charge in [0, 0.05) is 4.38 Å². The maximum atomic E-state index is 4.59. The first-order valence-electron chi connectivity index (χ1n) is 1.61. The van der Waals surface area contributed by atoms with Crippen molar-refractivity contribution >= 4 is 29.2 Å². The first kappa shape index (κ1) is 10.7. The summed E-state index contributed by atoms with van der Waals surface area (Å²) in [4.78, 5) is 0. The van der Waals surface area contributed by atoms with E-state index in [1.807, 2.05) is 6.92 Å². The molecule has 0 radical (unpaired) electrons. The summed E-state index contributed by atoms with van der Waals surface area (Å²) < 4.78 is 4.79. The molecule has 0 saturated carbocycles. The van der Waals surface area contributed by atoms with Crippen LogP contribution in [0.25, 0.3) is 0 Å². The molecule has 0 rings (SSSR count). The van der Waals surface area contributed by atoms with E-state index in [0.29, 0.717) is 6.61 Å². The second-order valence-corrected chi connectivity index (χ2v) is 1.68. The molecule has 0 saturated heterocycles. The number of ether oxygens (including phenoxy) is 1. The molecule has 0 amide bonds. The number of hydrogen-bond donors (Lipinski definition) is 0. The van der Waals surface area contributed by atoms with Crippen molar-refractivity contribution in [2.24, 2.45) is 0 Å². The van der Waals surface area contributed by atoms with Gasteiger partial charge in [0.25, 0.3) is 0 Å². The molecule has 1 nitrogen and oxygen atoms in total. The summed E-state index contributed by atoms with van der Waals surface area (Å²) in [6.07, 6.45) is 0. The third kappa shape index (κ3) is 10.8. The molecule has 0 N–H and O–H groups in total. The van der Waals surface area contributed by atoms with Crippen molar-refractivity contribution in [3.63, 3.8) is 0 Å². The molecule has 0 bridgehead atoms. The Hall–Kier alpha value is 0.733. The maximum Gasteiger partial charge on any atom is 2.00 e. The summed E-state index contributed by atoms with van der Waals surface area (Å²) in [5.74, 6) is 0. The van der Waals surface area contributed by atoms with Crippen LogP contribution >= 0.6 is 12.2 Å². The third-order valence-corrected chi connectivity index (χ3v) is 0.498. The molecule has 0 aliphatic carbocycles. The zero-order valence-electron chi connectivity index (χ0n) is 4.14. The minimum Gasteiger partial charge on any atom is -0.514 e. The Morgan fingerprint density at radius 1 is 1.86 bits per heavy atom. The van der Waals surface area contributed by atoms with Gasteiger partial charge in [0.1, 0.15) is 0 Å². The summed E-state index contributed by atoms with van der Waals surface area (Å²) in [6.45, 7) is 2.43. The van der Waals surface area contributed by atoms with Gasteiger partial charge in [0.05, 0.1) is 6.61 Å². The fraction of sp³-hybridized carbons (Fsp3) is 0.667. The van der Waals surface area contributed by atoms with Gasteiger partial charge in [-0.1, -0.05) is 0 Å². The molecule has 0 aromatic rings. The fourth-order valence-corrected chi connectivity index (χ4v) is 0.354. The van der Waals surface area contributed by atoms with Gasteiger partial charge in [-0.25, -0.2) is 0 Å². The Bertz CT molecular complexity index is 56.9. The van der Waals surface area contributed by atoms with Crippen molar-refractivity contribution in [1.82, 2.24) is 0 Å². The molecule has 0 unspecified atom stereocenters. The predicted molar refractivity (Wildman–Crippen MR) is 31.6 cm³/mol. The van der Waals surface area contributed by atoms with E-state index in [0.717, 1.165) is 0 Å². The van der Waals surface area contributed by atoms with Gasteiger partial charge in [-0.15, -0.1) is 0 Å². The number of rotatable bonds is 1. The Morgan fingerprint density at radius 2 is 2.29 bits per heavy atom. The fourth-order valence-electron chi connectivity index (χ4n) is 0.118. The molecule has 0 aliphatic rings. The monoisotopic (exact) mass is 185 g/mol. The minimum atomic E-state index is 0. The smallest absolute Gasteiger partial charge is 0.514 e. The normalized spacial score (nSPS) is 6.43. The van der Waals surface area contributed by atoms with Crippen LogP contribution in [0.15, 0.2) is 0 Å². The zero-order chi connectivity index (χ0) is 4.99. The largest absolute Gasteiger partial charge is 2.00 e. The van der Waals surface area contributed by atoms with Crippen LogP contribution in [0.4, 0.5) is 0 Å². The Balaban J connectivity index is 0. The minimum absolute atomic E-state index is 0. The van der Waals surface area contributed by atoms with Crippen LogP contribution in [-0.2, 0) is 36.8 Å². The maximum absolute atomic E-state index is 4.59. The quantitative estimate of drug-likeness (QED) is 0.342. The molecule has 7 heavy (non-hydrogen) atoms. The predicted octanol–water partition coefficient (Wildman–Crippen LogP) is 0.852.